The molecule has 0 aliphatic carbocycles. The number of nitrogens with zero attached hydrogens (tertiary/aromatic N) is 2. The number of hydrogen-bond acceptors (Lipinski definition) is 3. The standard InChI is InChI=1S/C17H22N2O3S/c20-17-7-4-11-19(17)16-8-12-18(13-9-16)23(21,22)14-10-15-5-2-1-3-6-15/h1-3,5-6,10,14,16H,4,7-9,11-13H2/b14-10+. The van der Waals surface area contributed by atoms with E-state index in [1.807, 2.05) is 35.2 Å². The average molecular weight is 334 g/mol. The Morgan fingerprint density at radius 1 is 1.04 bits per heavy atom. The first kappa shape index (κ1) is 16.2. The highest BCUT2D eigenvalue weighted by molar-refractivity contribution is 7.92. The summed E-state index contributed by atoms with van der Waals surface area (Å²) in [6.07, 6.45) is 4.65. The van der Waals surface area contributed by atoms with E-state index in [2.05, 4.69) is 0 Å². The molecule has 0 unspecified atom stereocenters. The maximum atomic E-state index is 12.4. The molecule has 1 amide bonds. The molecule has 0 atom stereocenters. The van der Waals surface area contributed by atoms with E-state index in [0.29, 0.717) is 19.5 Å². The largest absolute Gasteiger partial charge is 0.340 e. The SMILES string of the molecule is O=C1CCCN1C1CCN(S(=O)(=O)/C=C/c2ccccc2)CC1. The molecule has 124 valence electrons. The average Bonchev–Trinajstić information content (AvgIpc) is 3.00. The zero-order valence-corrected chi connectivity index (χ0v) is 13.9. The third-order valence-corrected chi connectivity index (χ3v) is 6.13. The molecule has 23 heavy (non-hydrogen) atoms. The second kappa shape index (κ2) is 6.84. The lowest BCUT2D eigenvalue weighted by Gasteiger charge is -2.35. The van der Waals surface area contributed by atoms with Crippen LogP contribution in [0.2, 0.25) is 0 Å². The van der Waals surface area contributed by atoms with Crippen molar-refractivity contribution >= 4 is 22.0 Å². The quantitative estimate of drug-likeness (QED) is 0.847. The van der Waals surface area contributed by atoms with E-state index in [-0.39, 0.29) is 11.9 Å². The van der Waals surface area contributed by atoms with Crippen molar-refractivity contribution in [3.05, 3.63) is 41.3 Å². The topological polar surface area (TPSA) is 57.7 Å². The number of rotatable bonds is 4. The third-order valence-electron chi connectivity index (χ3n) is 4.57. The van der Waals surface area contributed by atoms with Crippen molar-refractivity contribution in [2.75, 3.05) is 19.6 Å². The van der Waals surface area contributed by atoms with Crippen LogP contribution in [-0.4, -0.2) is 49.2 Å². The van der Waals surface area contributed by atoms with Gasteiger partial charge in [-0.05, 0) is 30.9 Å². The van der Waals surface area contributed by atoms with Gasteiger partial charge in [-0.3, -0.25) is 4.79 Å². The highest BCUT2D eigenvalue weighted by Gasteiger charge is 2.33. The van der Waals surface area contributed by atoms with Crippen molar-refractivity contribution in [1.29, 1.82) is 0 Å². The summed E-state index contributed by atoms with van der Waals surface area (Å²) in [5.41, 5.74) is 0.869. The van der Waals surface area contributed by atoms with Crippen LogP contribution >= 0.6 is 0 Å². The highest BCUT2D eigenvalue weighted by Crippen LogP contribution is 2.24. The highest BCUT2D eigenvalue weighted by atomic mass is 32.2. The number of sulfonamides is 1. The van der Waals surface area contributed by atoms with Gasteiger partial charge in [0.1, 0.15) is 0 Å². The Hall–Kier alpha value is -1.66. The predicted octanol–water partition coefficient (Wildman–Crippen LogP) is 2.07. The van der Waals surface area contributed by atoms with E-state index in [1.54, 1.807) is 6.08 Å². The van der Waals surface area contributed by atoms with Gasteiger partial charge in [0.05, 0.1) is 0 Å². The summed E-state index contributed by atoms with van der Waals surface area (Å²) in [5.74, 6) is 0.218. The fraction of sp³-hybridized carbons (Fsp3) is 0.471. The molecule has 3 rings (SSSR count). The van der Waals surface area contributed by atoms with Gasteiger partial charge in [-0.2, -0.15) is 4.31 Å². The maximum Gasteiger partial charge on any atom is 0.236 e. The third kappa shape index (κ3) is 3.82. The molecule has 2 aliphatic rings. The lowest BCUT2D eigenvalue weighted by atomic mass is 10.1. The van der Waals surface area contributed by atoms with Crippen LogP contribution in [0.3, 0.4) is 0 Å². The van der Waals surface area contributed by atoms with E-state index in [9.17, 15) is 13.2 Å². The van der Waals surface area contributed by atoms with Crippen LogP contribution in [0.4, 0.5) is 0 Å². The fourth-order valence-electron chi connectivity index (χ4n) is 3.28. The van der Waals surface area contributed by atoms with E-state index >= 15 is 0 Å². The van der Waals surface area contributed by atoms with Crippen LogP contribution in [0, 0.1) is 0 Å². The molecule has 0 radical (unpaired) electrons. The monoisotopic (exact) mass is 334 g/mol. The number of hydrogen-bond donors (Lipinski definition) is 0. The van der Waals surface area contributed by atoms with Gasteiger partial charge in [0.15, 0.2) is 0 Å². The number of amides is 1. The molecule has 1 aromatic rings. The summed E-state index contributed by atoms with van der Waals surface area (Å²) in [6.45, 7) is 1.79. The van der Waals surface area contributed by atoms with Crippen molar-refractivity contribution in [2.24, 2.45) is 0 Å². The molecule has 2 aliphatic heterocycles. The van der Waals surface area contributed by atoms with Gasteiger partial charge in [0.2, 0.25) is 15.9 Å². The first-order chi connectivity index (χ1) is 11.1. The Bertz CT molecular complexity index is 677. The van der Waals surface area contributed by atoms with E-state index in [4.69, 9.17) is 0 Å². The zero-order chi connectivity index (χ0) is 16.3. The molecule has 0 spiro atoms. The Morgan fingerprint density at radius 3 is 2.35 bits per heavy atom. The van der Waals surface area contributed by atoms with Crippen molar-refractivity contribution in [3.8, 4) is 0 Å². The second-order valence-electron chi connectivity index (χ2n) is 6.08. The lowest BCUT2D eigenvalue weighted by molar-refractivity contribution is -0.130. The lowest BCUT2D eigenvalue weighted by Crippen LogP contribution is -2.46. The van der Waals surface area contributed by atoms with Crippen LogP contribution in [0.15, 0.2) is 35.7 Å². The molecule has 0 aromatic heterocycles. The van der Waals surface area contributed by atoms with Crippen LogP contribution in [-0.2, 0) is 14.8 Å². The first-order valence-corrected chi connectivity index (χ1v) is 9.59. The molecule has 2 fully saturated rings. The molecule has 2 saturated heterocycles. The number of carbonyl (C=O) groups is 1. The fourth-order valence-corrected chi connectivity index (χ4v) is 4.50. The van der Waals surface area contributed by atoms with E-state index in [1.165, 1.54) is 9.71 Å². The van der Waals surface area contributed by atoms with E-state index < -0.39 is 10.0 Å². The maximum absolute atomic E-state index is 12.4. The number of piperidine rings is 1. The van der Waals surface area contributed by atoms with E-state index in [0.717, 1.165) is 31.4 Å². The predicted molar refractivity (Wildman–Crippen MR) is 89.9 cm³/mol. The summed E-state index contributed by atoms with van der Waals surface area (Å²) in [5, 5.41) is 1.28. The number of carbonyl (C=O) groups excluding carboxylic acids is 1. The van der Waals surface area contributed by atoms with Crippen molar-refractivity contribution in [3.63, 3.8) is 0 Å². The Balaban J connectivity index is 1.60. The molecule has 5 nitrogen and oxygen atoms in total. The zero-order valence-electron chi connectivity index (χ0n) is 13.1. The molecule has 0 saturated carbocycles. The molecule has 6 heteroatoms. The summed E-state index contributed by atoms with van der Waals surface area (Å²) < 4.78 is 26.3. The number of likely N-dealkylation sites (tertiary alicyclic amines) is 1. The molecule has 0 N–H and O–H groups in total. The summed E-state index contributed by atoms with van der Waals surface area (Å²) >= 11 is 0. The minimum Gasteiger partial charge on any atom is -0.340 e. The van der Waals surface area contributed by atoms with Gasteiger partial charge >= 0.3 is 0 Å². The van der Waals surface area contributed by atoms with Crippen LogP contribution in [0.25, 0.3) is 6.08 Å². The summed E-state index contributed by atoms with van der Waals surface area (Å²) in [7, 11) is -3.39. The molecule has 1 aromatic carbocycles. The van der Waals surface area contributed by atoms with Gasteiger partial charge in [-0.1, -0.05) is 30.3 Å². The van der Waals surface area contributed by atoms with Gasteiger partial charge in [0, 0.05) is 37.5 Å². The normalized spacial score (nSPS) is 21.4. The summed E-state index contributed by atoms with van der Waals surface area (Å²) in [6, 6.07) is 9.61. The van der Waals surface area contributed by atoms with Gasteiger partial charge in [-0.25, -0.2) is 8.42 Å². The van der Waals surface area contributed by atoms with Gasteiger partial charge in [0.25, 0.3) is 0 Å². The second-order valence-corrected chi connectivity index (χ2v) is 7.90. The smallest absolute Gasteiger partial charge is 0.236 e. The van der Waals surface area contributed by atoms with Crippen LogP contribution in [0.5, 0.6) is 0 Å². The first-order valence-electron chi connectivity index (χ1n) is 8.09. The Morgan fingerprint density at radius 2 is 1.74 bits per heavy atom. The molecule has 0 bridgehead atoms. The Kier molecular flexibility index (Phi) is 4.82. The van der Waals surface area contributed by atoms with Crippen molar-refractivity contribution in [2.45, 2.75) is 31.7 Å². The Labute approximate surface area is 137 Å². The summed E-state index contributed by atoms with van der Waals surface area (Å²) in [4.78, 5) is 13.7. The van der Waals surface area contributed by atoms with Crippen molar-refractivity contribution < 1.29 is 13.2 Å². The van der Waals surface area contributed by atoms with Crippen molar-refractivity contribution in [1.82, 2.24) is 9.21 Å². The minimum absolute atomic E-state index is 0.203. The van der Waals surface area contributed by atoms with Gasteiger partial charge in [-0.15, -0.1) is 0 Å². The number of benzene rings is 1. The van der Waals surface area contributed by atoms with Crippen LogP contribution < -0.4 is 0 Å². The molecular weight excluding hydrogens is 312 g/mol. The van der Waals surface area contributed by atoms with Crippen LogP contribution in [0.1, 0.15) is 31.2 Å². The molecule has 2 heterocycles. The minimum atomic E-state index is -3.39. The molecular formula is C17H22N2O3S. The van der Waals surface area contributed by atoms with Gasteiger partial charge < -0.3 is 4.90 Å².